The molecular weight excluding hydrogens is 318 g/mol. The van der Waals surface area contributed by atoms with Gasteiger partial charge in [0.15, 0.2) is 5.58 Å². The Balaban J connectivity index is 1.59. The number of hydrogen-bond acceptors (Lipinski definition) is 3. The molecule has 0 atom stereocenters. The molecule has 2 aromatic carbocycles. The molecule has 0 aliphatic carbocycles. The summed E-state index contributed by atoms with van der Waals surface area (Å²) in [5, 5.41) is 3.92. The number of aromatic nitrogens is 2. The van der Waals surface area contributed by atoms with Crippen molar-refractivity contribution in [2.45, 2.75) is 13.3 Å². The van der Waals surface area contributed by atoms with Gasteiger partial charge in [-0.05, 0) is 30.7 Å². The highest BCUT2D eigenvalue weighted by atomic mass is 16.4. The largest absolute Gasteiger partial charge is 0.419 e. The minimum Gasteiger partial charge on any atom is -0.408 e. The monoisotopic (exact) mass is 335 g/mol. The number of aromatic amines is 1. The molecule has 6 nitrogen and oxygen atoms in total. The van der Waals surface area contributed by atoms with Gasteiger partial charge in [0.2, 0.25) is 5.91 Å². The Hall–Kier alpha value is -3.28. The number of aryl methyl sites for hydroxylation is 2. The van der Waals surface area contributed by atoms with Crippen molar-refractivity contribution >= 4 is 33.6 Å². The van der Waals surface area contributed by atoms with Crippen molar-refractivity contribution in [2.24, 2.45) is 7.05 Å². The van der Waals surface area contributed by atoms with Crippen LogP contribution in [0.1, 0.15) is 11.3 Å². The van der Waals surface area contributed by atoms with Crippen LogP contribution < -0.4 is 11.1 Å². The van der Waals surface area contributed by atoms with Crippen LogP contribution in [0, 0.1) is 6.92 Å². The second-order valence-corrected chi connectivity index (χ2v) is 6.11. The molecule has 25 heavy (non-hydrogen) atoms. The Morgan fingerprint density at radius 2 is 2.04 bits per heavy atom. The summed E-state index contributed by atoms with van der Waals surface area (Å²) < 4.78 is 6.58. The Morgan fingerprint density at radius 3 is 2.88 bits per heavy atom. The molecule has 2 N–H and O–H groups in total. The van der Waals surface area contributed by atoms with E-state index in [1.54, 1.807) is 25.2 Å². The van der Waals surface area contributed by atoms with E-state index in [9.17, 15) is 9.59 Å². The van der Waals surface area contributed by atoms with Crippen LogP contribution in [-0.2, 0) is 18.3 Å². The zero-order valence-corrected chi connectivity index (χ0v) is 13.9. The van der Waals surface area contributed by atoms with Gasteiger partial charge in [0.05, 0.1) is 11.9 Å². The van der Waals surface area contributed by atoms with Crippen LogP contribution in [0.5, 0.6) is 0 Å². The summed E-state index contributed by atoms with van der Waals surface area (Å²) >= 11 is 0. The molecule has 2 aromatic heterocycles. The van der Waals surface area contributed by atoms with E-state index in [0.29, 0.717) is 16.8 Å². The normalized spacial score (nSPS) is 11.3. The van der Waals surface area contributed by atoms with Crippen molar-refractivity contribution in [1.29, 1.82) is 0 Å². The number of nitrogens with one attached hydrogen (secondary N) is 2. The van der Waals surface area contributed by atoms with Gasteiger partial charge in [-0.2, -0.15) is 0 Å². The third-order valence-electron chi connectivity index (χ3n) is 4.44. The number of nitrogens with zero attached hydrogens (tertiary/aromatic N) is 1. The first-order chi connectivity index (χ1) is 12.0. The molecule has 0 bridgehead atoms. The summed E-state index contributed by atoms with van der Waals surface area (Å²) in [5.41, 5.74) is 4.74. The smallest absolute Gasteiger partial charge is 0.408 e. The molecule has 0 fully saturated rings. The number of rotatable bonds is 3. The topological polar surface area (TPSA) is 80.0 Å². The molecule has 4 aromatic rings. The maximum atomic E-state index is 12.5. The summed E-state index contributed by atoms with van der Waals surface area (Å²) in [4.78, 5) is 27.3. The van der Waals surface area contributed by atoms with E-state index in [0.717, 1.165) is 22.2 Å². The van der Waals surface area contributed by atoms with Gasteiger partial charge < -0.3 is 14.7 Å². The molecule has 0 aliphatic rings. The van der Waals surface area contributed by atoms with Gasteiger partial charge in [-0.1, -0.05) is 18.2 Å². The number of anilines is 1. The van der Waals surface area contributed by atoms with Crippen molar-refractivity contribution in [1.82, 2.24) is 9.55 Å². The van der Waals surface area contributed by atoms with Crippen LogP contribution in [0.25, 0.3) is 22.0 Å². The molecule has 0 aliphatic heterocycles. The minimum absolute atomic E-state index is 0.120. The first kappa shape index (κ1) is 15.3. The van der Waals surface area contributed by atoms with Gasteiger partial charge in [-0.15, -0.1) is 0 Å². The molecule has 4 rings (SSSR count). The summed E-state index contributed by atoms with van der Waals surface area (Å²) in [6, 6.07) is 13.1. The molecule has 0 spiro atoms. The van der Waals surface area contributed by atoms with Gasteiger partial charge in [0, 0.05) is 35.4 Å². The van der Waals surface area contributed by atoms with Gasteiger partial charge in [0.25, 0.3) is 0 Å². The second-order valence-electron chi connectivity index (χ2n) is 6.11. The van der Waals surface area contributed by atoms with Crippen molar-refractivity contribution in [3.05, 3.63) is 64.3 Å². The summed E-state index contributed by atoms with van der Waals surface area (Å²) in [6.45, 7) is 1.97. The molecule has 6 heteroatoms. The van der Waals surface area contributed by atoms with Gasteiger partial charge in [-0.25, -0.2) is 4.79 Å². The predicted octanol–water partition coefficient (Wildman–Crippen LogP) is 3.10. The van der Waals surface area contributed by atoms with Crippen molar-refractivity contribution < 1.29 is 9.21 Å². The SMILES string of the molecule is Cc1[nH]c2ccccc2c1CC(=O)Nc1ccc2c(c1)oc(=O)n2C. The van der Waals surface area contributed by atoms with Crippen LogP contribution in [0.4, 0.5) is 5.69 Å². The minimum atomic E-state index is -0.423. The summed E-state index contributed by atoms with van der Waals surface area (Å²) in [5.74, 6) is -0.543. The number of oxazole rings is 1. The fourth-order valence-electron chi connectivity index (χ4n) is 3.14. The lowest BCUT2D eigenvalue weighted by Crippen LogP contribution is -2.14. The Labute approximate surface area is 143 Å². The number of carbonyl (C=O) groups is 1. The van der Waals surface area contributed by atoms with E-state index in [-0.39, 0.29) is 12.3 Å². The Morgan fingerprint density at radius 1 is 1.24 bits per heavy atom. The number of fused-ring (bicyclic) bond motifs is 2. The van der Waals surface area contributed by atoms with Crippen molar-refractivity contribution in [3.63, 3.8) is 0 Å². The molecule has 0 saturated heterocycles. The quantitative estimate of drug-likeness (QED) is 0.604. The van der Waals surface area contributed by atoms with Gasteiger partial charge in [0.1, 0.15) is 0 Å². The van der Waals surface area contributed by atoms with Crippen LogP contribution in [-0.4, -0.2) is 15.5 Å². The fourth-order valence-corrected chi connectivity index (χ4v) is 3.14. The highest BCUT2D eigenvalue weighted by Crippen LogP contribution is 2.23. The number of H-pyrrole nitrogens is 1. The zero-order valence-electron chi connectivity index (χ0n) is 13.9. The van der Waals surface area contributed by atoms with Crippen molar-refractivity contribution in [3.8, 4) is 0 Å². The van der Waals surface area contributed by atoms with Gasteiger partial charge >= 0.3 is 5.76 Å². The molecule has 126 valence electrons. The highest BCUT2D eigenvalue weighted by molar-refractivity contribution is 5.97. The van der Waals surface area contributed by atoms with Gasteiger partial charge in [-0.3, -0.25) is 9.36 Å². The number of hydrogen-bond donors (Lipinski definition) is 2. The zero-order chi connectivity index (χ0) is 17.6. The number of para-hydroxylation sites is 1. The summed E-state index contributed by atoms with van der Waals surface area (Å²) in [6.07, 6.45) is 0.270. The van der Waals surface area contributed by atoms with E-state index in [1.165, 1.54) is 4.57 Å². The average molecular weight is 335 g/mol. The molecular formula is C19H17N3O3. The van der Waals surface area contributed by atoms with E-state index >= 15 is 0 Å². The van der Waals surface area contributed by atoms with E-state index in [4.69, 9.17) is 4.42 Å². The predicted molar refractivity (Wildman–Crippen MR) is 96.8 cm³/mol. The molecule has 2 heterocycles. The maximum Gasteiger partial charge on any atom is 0.419 e. The molecule has 0 radical (unpaired) electrons. The van der Waals surface area contributed by atoms with Crippen LogP contribution >= 0.6 is 0 Å². The standard InChI is InChI=1S/C19H17N3O3/c1-11-14(13-5-3-4-6-15(13)20-11)10-18(23)21-12-7-8-16-17(9-12)25-19(24)22(16)2/h3-9,20H,10H2,1-2H3,(H,21,23). The maximum absolute atomic E-state index is 12.5. The van der Waals surface area contributed by atoms with Crippen LogP contribution in [0.2, 0.25) is 0 Å². The lowest BCUT2D eigenvalue weighted by atomic mass is 10.1. The lowest BCUT2D eigenvalue weighted by Gasteiger charge is -2.06. The second kappa shape index (κ2) is 5.66. The number of benzene rings is 2. The van der Waals surface area contributed by atoms with Crippen LogP contribution in [0.3, 0.4) is 0 Å². The molecule has 1 amide bonds. The average Bonchev–Trinajstić information content (AvgIpc) is 3.04. The van der Waals surface area contributed by atoms with Crippen molar-refractivity contribution in [2.75, 3.05) is 5.32 Å². The first-order valence-corrected chi connectivity index (χ1v) is 7.98. The highest BCUT2D eigenvalue weighted by Gasteiger charge is 2.13. The van der Waals surface area contributed by atoms with E-state index in [2.05, 4.69) is 10.3 Å². The molecule has 0 unspecified atom stereocenters. The molecule has 0 saturated carbocycles. The number of amides is 1. The third-order valence-corrected chi connectivity index (χ3v) is 4.44. The van der Waals surface area contributed by atoms with E-state index in [1.807, 2.05) is 31.2 Å². The summed E-state index contributed by atoms with van der Waals surface area (Å²) in [7, 11) is 1.65. The van der Waals surface area contributed by atoms with E-state index < -0.39 is 5.76 Å². The Bertz CT molecular complexity index is 1160. The lowest BCUT2D eigenvalue weighted by molar-refractivity contribution is -0.115. The fraction of sp³-hybridized carbons (Fsp3) is 0.158. The Kier molecular flexibility index (Phi) is 3.46. The number of carbonyl (C=O) groups excluding carboxylic acids is 1. The third kappa shape index (κ3) is 2.61. The first-order valence-electron chi connectivity index (χ1n) is 7.98. The van der Waals surface area contributed by atoms with Crippen LogP contribution in [0.15, 0.2) is 51.7 Å².